The number of anilines is 1. The Balaban J connectivity index is 1.28. The van der Waals surface area contributed by atoms with Crippen molar-refractivity contribution in [3.05, 3.63) is 104 Å². The molecule has 1 heterocycles. The van der Waals surface area contributed by atoms with Crippen molar-refractivity contribution in [2.75, 3.05) is 5.32 Å². The highest BCUT2D eigenvalue weighted by atomic mass is 19.1. The maximum Gasteiger partial charge on any atom is 0.419 e. The van der Waals surface area contributed by atoms with E-state index in [4.69, 9.17) is 4.42 Å². The van der Waals surface area contributed by atoms with Gasteiger partial charge >= 0.3 is 5.76 Å². The van der Waals surface area contributed by atoms with E-state index in [2.05, 4.69) is 10.6 Å². The third-order valence-corrected chi connectivity index (χ3v) is 5.41. The van der Waals surface area contributed by atoms with Gasteiger partial charge in [0.25, 0.3) is 11.6 Å². The molecule has 4 rings (SSSR count). The Morgan fingerprint density at radius 2 is 1.86 bits per heavy atom. The Hall–Kier alpha value is -4.80. The molecule has 0 saturated carbocycles. The molecule has 184 valence electrons. The molecule has 1 aromatic heterocycles. The van der Waals surface area contributed by atoms with Crippen molar-refractivity contribution in [3.63, 3.8) is 0 Å². The van der Waals surface area contributed by atoms with Crippen LogP contribution in [-0.2, 0) is 17.9 Å². The number of carbonyl (C=O) groups is 2. The number of non-ortho nitro benzene ring substituents is 1. The van der Waals surface area contributed by atoms with Crippen LogP contribution in [0.3, 0.4) is 0 Å². The number of nitrogens with zero attached hydrogens (tertiary/aromatic N) is 2. The van der Waals surface area contributed by atoms with Crippen LogP contribution in [0.1, 0.15) is 28.8 Å². The third-order valence-electron chi connectivity index (χ3n) is 5.41. The number of aryl methyl sites for hydroxylation is 1. The van der Waals surface area contributed by atoms with E-state index in [0.29, 0.717) is 17.6 Å². The van der Waals surface area contributed by atoms with Crippen LogP contribution in [0.15, 0.2) is 75.9 Å². The number of nitro benzene ring substituents is 1. The standard InChI is InChI=1S/C25H21FN4O6/c26-18-6-2-5-17(13-18)24(32)28-19-7-1-4-16(12-19)15-27-23(31)8-3-11-29-21-10-9-20(30(34)35)14-22(21)36-25(29)33/h1-2,4-7,9-10,12-14H,3,8,11,15H2,(H,27,31)(H,28,32). The van der Waals surface area contributed by atoms with E-state index in [1.54, 1.807) is 24.3 Å². The maximum atomic E-state index is 13.3. The number of nitrogens with one attached hydrogen (secondary N) is 2. The minimum absolute atomic E-state index is 0.114. The molecular formula is C25H21FN4O6. The lowest BCUT2D eigenvalue weighted by Crippen LogP contribution is -2.23. The molecule has 0 spiro atoms. The number of aromatic nitrogens is 1. The molecule has 10 nitrogen and oxygen atoms in total. The Kier molecular flexibility index (Phi) is 7.19. The number of hydrogen-bond donors (Lipinski definition) is 2. The average molecular weight is 492 g/mol. The molecule has 0 unspecified atom stereocenters. The molecule has 0 aliphatic rings. The summed E-state index contributed by atoms with van der Waals surface area (Å²) in [5.74, 6) is -1.84. The lowest BCUT2D eigenvalue weighted by atomic mass is 10.1. The van der Waals surface area contributed by atoms with E-state index < -0.39 is 22.4 Å². The molecule has 0 aliphatic heterocycles. The van der Waals surface area contributed by atoms with Gasteiger partial charge in [-0.1, -0.05) is 18.2 Å². The smallest absolute Gasteiger partial charge is 0.407 e. The number of nitro groups is 1. The fraction of sp³-hybridized carbons (Fsp3) is 0.160. The van der Waals surface area contributed by atoms with Crippen LogP contribution in [-0.4, -0.2) is 21.3 Å². The molecule has 0 saturated heterocycles. The number of oxazole rings is 1. The molecular weight excluding hydrogens is 471 g/mol. The fourth-order valence-corrected chi connectivity index (χ4v) is 3.66. The van der Waals surface area contributed by atoms with Gasteiger partial charge in [0.2, 0.25) is 5.91 Å². The van der Waals surface area contributed by atoms with E-state index in [9.17, 15) is 28.9 Å². The maximum absolute atomic E-state index is 13.3. The van der Waals surface area contributed by atoms with Gasteiger partial charge in [0, 0.05) is 36.8 Å². The van der Waals surface area contributed by atoms with Crippen LogP contribution in [0.4, 0.5) is 15.8 Å². The quantitative estimate of drug-likeness (QED) is 0.268. The second-order valence-corrected chi connectivity index (χ2v) is 7.97. The lowest BCUT2D eigenvalue weighted by molar-refractivity contribution is -0.384. The number of halogens is 1. The molecule has 2 amide bonds. The first-order chi connectivity index (χ1) is 17.3. The molecule has 0 atom stereocenters. The molecule has 36 heavy (non-hydrogen) atoms. The zero-order valence-electron chi connectivity index (χ0n) is 18.9. The number of carbonyl (C=O) groups excluding carboxylic acids is 2. The number of rotatable bonds is 9. The van der Waals surface area contributed by atoms with Crippen LogP contribution in [0, 0.1) is 15.9 Å². The van der Waals surface area contributed by atoms with Crippen LogP contribution in [0.25, 0.3) is 11.1 Å². The van der Waals surface area contributed by atoms with E-state index in [1.165, 1.54) is 41.0 Å². The van der Waals surface area contributed by atoms with Gasteiger partial charge in [-0.2, -0.15) is 0 Å². The predicted molar refractivity (Wildman–Crippen MR) is 129 cm³/mol. The first kappa shape index (κ1) is 24.3. The van der Waals surface area contributed by atoms with Gasteiger partial charge in [-0.25, -0.2) is 9.18 Å². The number of hydrogen-bond acceptors (Lipinski definition) is 6. The van der Waals surface area contributed by atoms with Crippen LogP contribution < -0.4 is 16.4 Å². The molecule has 0 aliphatic carbocycles. The minimum atomic E-state index is -0.650. The Bertz CT molecular complexity index is 1510. The number of amides is 2. The summed E-state index contributed by atoms with van der Waals surface area (Å²) in [5.41, 5.74) is 1.80. The molecule has 3 aromatic carbocycles. The van der Waals surface area contributed by atoms with Gasteiger partial charge in [0.05, 0.1) is 16.5 Å². The first-order valence-electron chi connectivity index (χ1n) is 11.0. The van der Waals surface area contributed by atoms with Gasteiger partial charge in [0.1, 0.15) is 5.82 Å². The molecule has 2 N–H and O–H groups in total. The summed E-state index contributed by atoms with van der Waals surface area (Å²) in [4.78, 5) is 47.0. The SMILES string of the molecule is O=C(CCCn1c(=O)oc2cc([N+](=O)[O-])ccc21)NCc1cccc(NC(=O)c2cccc(F)c2)c1. The van der Waals surface area contributed by atoms with Crippen LogP contribution in [0.5, 0.6) is 0 Å². The van der Waals surface area contributed by atoms with Crippen molar-refractivity contribution in [3.8, 4) is 0 Å². The van der Waals surface area contributed by atoms with Gasteiger partial charge in [-0.3, -0.25) is 24.3 Å². The van der Waals surface area contributed by atoms with Gasteiger partial charge in [-0.15, -0.1) is 0 Å². The fourth-order valence-electron chi connectivity index (χ4n) is 3.66. The summed E-state index contributed by atoms with van der Waals surface area (Å²) < 4.78 is 19.8. The highest BCUT2D eigenvalue weighted by Gasteiger charge is 2.14. The van der Waals surface area contributed by atoms with Crippen molar-refractivity contribution in [2.24, 2.45) is 0 Å². The van der Waals surface area contributed by atoms with Crippen molar-refractivity contribution in [2.45, 2.75) is 25.9 Å². The summed E-state index contributed by atoms with van der Waals surface area (Å²) in [6, 6.07) is 16.2. The Morgan fingerprint density at radius 3 is 2.64 bits per heavy atom. The van der Waals surface area contributed by atoms with Crippen LogP contribution >= 0.6 is 0 Å². The van der Waals surface area contributed by atoms with E-state index in [0.717, 1.165) is 11.6 Å². The lowest BCUT2D eigenvalue weighted by Gasteiger charge is -2.09. The predicted octanol–water partition coefficient (Wildman–Crippen LogP) is 3.99. The van der Waals surface area contributed by atoms with E-state index in [1.807, 2.05) is 0 Å². The molecule has 0 radical (unpaired) electrons. The molecule has 11 heteroatoms. The Labute approximate surface area is 203 Å². The average Bonchev–Trinajstić information content (AvgIpc) is 3.17. The van der Waals surface area contributed by atoms with Gasteiger partial charge < -0.3 is 15.1 Å². The summed E-state index contributed by atoms with van der Waals surface area (Å²) in [6.45, 7) is 0.430. The first-order valence-corrected chi connectivity index (χ1v) is 11.0. The normalized spacial score (nSPS) is 10.8. The minimum Gasteiger partial charge on any atom is -0.407 e. The summed E-state index contributed by atoms with van der Waals surface area (Å²) in [6.07, 6.45) is 0.489. The van der Waals surface area contributed by atoms with E-state index in [-0.39, 0.29) is 42.3 Å². The highest BCUT2D eigenvalue weighted by Crippen LogP contribution is 2.20. The zero-order chi connectivity index (χ0) is 25.7. The zero-order valence-corrected chi connectivity index (χ0v) is 18.9. The largest absolute Gasteiger partial charge is 0.419 e. The second-order valence-electron chi connectivity index (χ2n) is 7.97. The summed E-state index contributed by atoms with van der Waals surface area (Å²) >= 11 is 0. The summed E-state index contributed by atoms with van der Waals surface area (Å²) in [7, 11) is 0. The highest BCUT2D eigenvalue weighted by molar-refractivity contribution is 6.04. The van der Waals surface area contributed by atoms with Crippen molar-refractivity contribution in [1.29, 1.82) is 0 Å². The molecule has 0 bridgehead atoms. The number of fused-ring (bicyclic) bond motifs is 1. The van der Waals surface area contributed by atoms with E-state index >= 15 is 0 Å². The number of benzene rings is 3. The van der Waals surface area contributed by atoms with Gasteiger partial charge in [0.15, 0.2) is 5.58 Å². The van der Waals surface area contributed by atoms with Gasteiger partial charge in [-0.05, 0) is 48.4 Å². The summed E-state index contributed by atoms with van der Waals surface area (Å²) in [5, 5.41) is 16.4. The van der Waals surface area contributed by atoms with Crippen molar-refractivity contribution >= 4 is 34.3 Å². The molecule has 0 fully saturated rings. The second kappa shape index (κ2) is 10.6. The van der Waals surface area contributed by atoms with Crippen molar-refractivity contribution < 1.29 is 23.3 Å². The third kappa shape index (κ3) is 5.81. The van der Waals surface area contributed by atoms with Crippen molar-refractivity contribution in [1.82, 2.24) is 9.88 Å². The molecule has 4 aromatic rings. The Morgan fingerprint density at radius 1 is 1.06 bits per heavy atom. The van der Waals surface area contributed by atoms with Crippen LogP contribution in [0.2, 0.25) is 0 Å². The monoisotopic (exact) mass is 492 g/mol. The topological polar surface area (TPSA) is 136 Å².